The standard InChI is InChI=1S/C15H15F4NO2S/c1-8-4-9(16)10(5-11(8)23-7-15(17,18)19)20-12(21)6-14(2,3)13(20)22/h4-5H,6-7H2,1-3H3. The minimum Gasteiger partial charge on any atom is -0.274 e. The van der Waals surface area contributed by atoms with Crippen LogP contribution in [0.2, 0.25) is 0 Å². The van der Waals surface area contributed by atoms with Crippen LogP contribution in [-0.2, 0) is 9.59 Å². The van der Waals surface area contributed by atoms with Gasteiger partial charge in [0.1, 0.15) is 5.82 Å². The lowest BCUT2D eigenvalue weighted by atomic mass is 9.92. The van der Waals surface area contributed by atoms with Crippen molar-refractivity contribution < 1.29 is 27.2 Å². The summed E-state index contributed by atoms with van der Waals surface area (Å²) in [5, 5.41) is 0. The molecule has 0 saturated carbocycles. The van der Waals surface area contributed by atoms with E-state index in [0.717, 1.165) is 17.0 Å². The van der Waals surface area contributed by atoms with Crippen molar-refractivity contribution in [3.05, 3.63) is 23.5 Å². The number of rotatable bonds is 3. The first-order valence-corrected chi connectivity index (χ1v) is 7.78. The zero-order valence-corrected chi connectivity index (χ0v) is 13.6. The second-order valence-electron chi connectivity index (χ2n) is 6.07. The lowest BCUT2D eigenvalue weighted by Crippen LogP contribution is -2.33. The van der Waals surface area contributed by atoms with Crippen LogP contribution in [0, 0.1) is 18.2 Å². The van der Waals surface area contributed by atoms with Crippen LogP contribution in [0.3, 0.4) is 0 Å². The molecule has 3 nitrogen and oxygen atoms in total. The van der Waals surface area contributed by atoms with Crippen molar-refractivity contribution in [3.8, 4) is 0 Å². The summed E-state index contributed by atoms with van der Waals surface area (Å²) in [4.78, 5) is 25.2. The molecule has 0 aromatic heterocycles. The molecule has 1 heterocycles. The SMILES string of the molecule is Cc1cc(F)c(N2C(=O)CC(C)(C)C2=O)cc1SCC(F)(F)F. The molecule has 1 aromatic carbocycles. The number of benzene rings is 1. The molecule has 0 atom stereocenters. The normalized spacial score (nSPS) is 18.0. The molecule has 0 bridgehead atoms. The fourth-order valence-electron chi connectivity index (χ4n) is 2.32. The molecule has 2 rings (SSSR count). The second kappa shape index (κ2) is 5.81. The second-order valence-corrected chi connectivity index (χ2v) is 7.09. The third kappa shape index (κ3) is 3.68. The van der Waals surface area contributed by atoms with Gasteiger partial charge in [-0.05, 0) is 24.6 Å². The van der Waals surface area contributed by atoms with Gasteiger partial charge in [-0.3, -0.25) is 9.59 Å². The molecule has 23 heavy (non-hydrogen) atoms. The van der Waals surface area contributed by atoms with Crippen LogP contribution in [0.5, 0.6) is 0 Å². The number of carbonyl (C=O) groups is 2. The Bertz CT molecular complexity index is 670. The molecule has 1 aromatic rings. The van der Waals surface area contributed by atoms with E-state index in [4.69, 9.17) is 0 Å². The zero-order chi connectivity index (χ0) is 17.6. The van der Waals surface area contributed by atoms with Crippen LogP contribution < -0.4 is 4.90 Å². The third-order valence-corrected chi connectivity index (χ3v) is 4.72. The van der Waals surface area contributed by atoms with E-state index < -0.39 is 35.0 Å². The number of amides is 2. The highest BCUT2D eigenvalue weighted by molar-refractivity contribution is 7.99. The minimum absolute atomic E-state index is 0.0653. The number of halogens is 4. The summed E-state index contributed by atoms with van der Waals surface area (Å²) < 4.78 is 51.3. The summed E-state index contributed by atoms with van der Waals surface area (Å²) in [6.07, 6.45) is -4.43. The van der Waals surface area contributed by atoms with Crippen LogP contribution >= 0.6 is 11.8 Å². The average molecular weight is 349 g/mol. The molecule has 1 aliphatic rings. The number of alkyl halides is 3. The summed E-state index contributed by atoms with van der Waals surface area (Å²) in [5.41, 5.74) is -0.923. The number of hydrogen-bond donors (Lipinski definition) is 0. The molecule has 1 saturated heterocycles. The first-order chi connectivity index (χ1) is 10.4. The Hall–Kier alpha value is -1.57. The van der Waals surface area contributed by atoms with Crippen LogP contribution in [-0.4, -0.2) is 23.7 Å². The Balaban J connectivity index is 2.40. The van der Waals surface area contributed by atoms with E-state index in [0.29, 0.717) is 17.3 Å². The van der Waals surface area contributed by atoms with Gasteiger partial charge in [-0.25, -0.2) is 9.29 Å². The molecule has 0 unspecified atom stereocenters. The first-order valence-electron chi connectivity index (χ1n) is 6.79. The van der Waals surface area contributed by atoms with Crippen molar-refractivity contribution in [1.82, 2.24) is 0 Å². The molecule has 0 aliphatic carbocycles. The molecule has 126 valence electrons. The predicted molar refractivity (Wildman–Crippen MR) is 78.8 cm³/mol. The number of anilines is 1. The van der Waals surface area contributed by atoms with Gasteiger partial charge in [-0.15, -0.1) is 11.8 Å². The quantitative estimate of drug-likeness (QED) is 0.469. The van der Waals surface area contributed by atoms with Crippen molar-refractivity contribution in [1.29, 1.82) is 0 Å². The van der Waals surface area contributed by atoms with Gasteiger partial charge in [0, 0.05) is 11.3 Å². The number of hydrogen-bond acceptors (Lipinski definition) is 3. The van der Waals surface area contributed by atoms with Gasteiger partial charge in [-0.2, -0.15) is 13.2 Å². The van der Waals surface area contributed by atoms with Crippen LogP contribution in [0.25, 0.3) is 0 Å². The third-order valence-electron chi connectivity index (χ3n) is 3.50. The molecule has 8 heteroatoms. The molecular formula is C15H15F4NO2S. The molecule has 1 fully saturated rings. The molecule has 0 N–H and O–H groups in total. The van der Waals surface area contributed by atoms with Crippen molar-refractivity contribution in [3.63, 3.8) is 0 Å². The van der Waals surface area contributed by atoms with Crippen molar-refractivity contribution in [2.24, 2.45) is 5.41 Å². The summed E-state index contributed by atoms with van der Waals surface area (Å²) in [7, 11) is 0. The highest BCUT2D eigenvalue weighted by Crippen LogP contribution is 2.39. The van der Waals surface area contributed by atoms with E-state index in [-0.39, 0.29) is 17.0 Å². The molecule has 1 aliphatic heterocycles. The average Bonchev–Trinajstić information content (AvgIpc) is 2.57. The van der Waals surface area contributed by atoms with E-state index in [9.17, 15) is 27.2 Å². The maximum Gasteiger partial charge on any atom is 0.398 e. The summed E-state index contributed by atoms with van der Waals surface area (Å²) >= 11 is 0.497. The number of nitrogens with zero attached hydrogens (tertiary/aromatic N) is 1. The van der Waals surface area contributed by atoms with Crippen molar-refractivity contribution in [2.75, 3.05) is 10.7 Å². The fraction of sp³-hybridized carbons (Fsp3) is 0.467. The van der Waals surface area contributed by atoms with E-state index >= 15 is 0 Å². The maximum absolute atomic E-state index is 14.2. The predicted octanol–water partition coefficient (Wildman–Crippen LogP) is 4.08. The van der Waals surface area contributed by atoms with Gasteiger partial charge in [-0.1, -0.05) is 13.8 Å². The topological polar surface area (TPSA) is 37.4 Å². The molecular weight excluding hydrogens is 334 g/mol. The molecule has 0 radical (unpaired) electrons. The molecule has 2 amide bonds. The van der Waals surface area contributed by atoms with Gasteiger partial charge in [0.25, 0.3) is 0 Å². The van der Waals surface area contributed by atoms with E-state index in [2.05, 4.69) is 0 Å². The fourth-order valence-corrected chi connectivity index (χ4v) is 3.12. The highest BCUT2D eigenvalue weighted by atomic mass is 32.2. The Morgan fingerprint density at radius 2 is 1.87 bits per heavy atom. The van der Waals surface area contributed by atoms with E-state index in [1.165, 1.54) is 6.92 Å². The minimum atomic E-state index is -4.37. The number of carbonyl (C=O) groups excluding carboxylic acids is 2. The Morgan fingerprint density at radius 1 is 1.26 bits per heavy atom. The first kappa shape index (κ1) is 17.8. The number of aryl methyl sites for hydroxylation is 1. The summed E-state index contributed by atoms with van der Waals surface area (Å²) in [6.45, 7) is 4.61. The van der Waals surface area contributed by atoms with Crippen LogP contribution in [0.15, 0.2) is 17.0 Å². The highest BCUT2D eigenvalue weighted by Gasteiger charge is 2.46. The number of thioether (sulfide) groups is 1. The lowest BCUT2D eigenvalue weighted by Gasteiger charge is -2.20. The van der Waals surface area contributed by atoms with Crippen LogP contribution in [0.4, 0.5) is 23.2 Å². The van der Waals surface area contributed by atoms with Crippen molar-refractivity contribution >= 4 is 29.3 Å². The van der Waals surface area contributed by atoms with E-state index in [1.54, 1.807) is 13.8 Å². The van der Waals surface area contributed by atoms with Gasteiger partial charge >= 0.3 is 6.18 Å². The van der Waals surface area contributed by atoms with Crippen LogP contribution in [0.1, 0.15) is 25.8 Å². The zero-order valence-electron chi connectivity index (χ0n) is 12.8. The van der Waals surface area contributed by atoms with Crippen molar-refractivity contribution in [2.45, 2.75) is 38.3 Å². The van der Waals surface area contributed by atoms with Gasteiger partial charge in [0.2, 0.25) is 11.8 Å². The van der Waals surface area contributed by atoms with E-state index in [1.807, 2.05) is 0 Å². The Morgan fingerprint density at radius 3 is 2.35 bits per heavy atom. The summed E-state index contributed by atoms with van der Waals surface area (Å²) in [5.74, 6) is -3.06. The monoisotopic (exact) mass is 349 g/mol. The largest absolute Gasteiger partial charge is 0.398 e. The Kier molecular flexibility index (Phi) is 4.49. The lowest BCUT2D eigenvalue weighted by molar-refractivity contribution is -0.124. The van der Waals surface area contributed by atoms with Gasteiger partial charge in [0.05, 0.1) is 16.9 Å². The Labute approximate surface area is 135 Å². The molecule has 0 spiro atoms. The van der Waals surface area contributed by atoms with Gasteiger partial charge in [0.15, 0.2) is 0 Å². The van der Waals surface area contributed by atoms with Gasteiger partial charge < -0.3 is 0 Å². The smallest absolute Gasteiger partial charge is 0.274 e. The maximum atomic E-state index is 14.2. The summed E-state index contributed by atoms with van der Waals surface area (Å²) in [6, 6.07) is 2.18. The number of imide groups is 1.